The fraction of sp³-hybridized carbons (Fsp3) is 0. The molecule has 0 atom stereocenters. The summed E-state index contributed by atoms with van der Waals surface area (Å²) in [6.07, 6.45) is 2.78. The molecule has 1 aliphatic heterocycles. The summed E-state index contributed by atoms with van der Waals surface area (Å²) in [5, 5.41) is 21.2. The van der Waals surface area contributed by atoms with Crippen molar-refractivity contribution in [2.75, 3.05) is 4.90 Å². The van der Waals surface area contributed by atoms with Gasteiger partial charge in [-0.2, -0.15) is 0 Å². The van der Waals surface area contributed by atoms with Crippen molar-refractivity contribution >= 4 is 137 Å². The Labute approximate surface area is 321 Å². The fourth-order valence-electron chi connectivity index (χ4n) is 10.9. The molecule has 12 aromatic carbocycles. The molecule has 0 saturated carbocycles. The molecule has 1 aliphatic carbocycles. The van der Waals surface area contributed by atoms with Gasteiger partial charge in [0.2, 0.25) is 0 Å². The van der Waals surface area contributed by atoms with Gasteiger partial charge in [-0.1, -0.05) is 91.0 Å². The Balaban J connectivity index is 1.09. The first-order valence-electron chi connectivity index (χ1n) is 19.1. The van der Waals surface area contributed by atoms with Crippen molar-refractivity contribution in [1.29, 1.82) is 0 Å². The second kappa shape index (κ2) is 9.72. The molecular weight excluding hydrogens is 703 g/mol. The summed E-state index contributed by atoms with van der Waals surface area (Å²) in [6, 6.07) is 42.7. The van der Waals surface area contributed by atoms with Gasteiger partial charge in [-0.3, -0.25) is 19.2 Å². The van der Waals surface area contributed by atoms with Crippen LogP contribution in [-0.4, -0.2) is 23.4 Å². The maximum Gasteiger partial charge on any atom is 0.265 e. The van der Waals surface area contributed by atoms with Crippen molar-refractivity contribution in [3.63, 3.8) is 0 Å². The van der Waals surface area contributed by atoms with E-state index in [4.69, 9.17) is 0 Å². The van der Waals surface area contributed by atoms with E-state index in [1.54, 1.807) is 12.1 Å². The highest BCUT2D eigenvalue weighted by atomic mass is 16.2. The van der Waals surface area contributed by atoms with Gasteiger partial charge in [0.05, 0.1) is 5.69 Å². The van der Waals surface area contributed by atoms with Crippen LogP contribution in [-0.2, 0) is 0 Å². The number of carbonyl (C=O) groups is 4. The number of ketones is 2. The van der Waals surface area contributed by atoms with E-state index in [1.165, 1.54) is 38.6 Å². The van der Waals surface area contributed by atoms with E-state index in [2.05, 4.69) is 72.8 Å². The molecule has 57 heavy (non-hydrogen) atoms. The molecule has 0 fully saturated rings. The Hall–Kier alpha value is -7.76. The predicted octanol–water partition coefficient (Wildman–Crippen LogP) is 12.3. The topological polar surface area (TPSA) is 71.5 Å². The molecule has 0 radical (unpaired) electrons. The Morgan fingerprint density at radius 1 is 0.263 bits per heavy atom. The maximum absolute atomic E-state index is 14.1. The van der Waals surface area contributed by atoms with E-state index in [-0.39, 0.29) is 23.4 Å². The Kier molecular flexibility index (Phi) is 5.04. The summed E-state index contributed by atoms with van der Waals surface area (Å²) in [5.74, 6) is -0.934. The van der Waals surface area contributed by atoms with E-state index < -0.39 is 0 Å². The molecule has 260 valence electrons. The monoisotopic (exact) mass is 725 g/mol. The summed E-state index contributed by atoms with van der Waals surface area (Å²) in [4.78, 5) is 55.9. The minimum atomic E-state index is -0.313. The molecule has 0 N–H and O–H groups in total. The number of anilines is 1. The smallest absolute Gasteiger partial charge is 0.265 e. The molecule has 2 aliphatic rings. The minimum Gasteiger partial charge on any atom is -0.289 e. The Morgan fingerprint density at radius 2 is 0.526 bits per heavy atom. The summed E-state index contributed by atoms with van der Waals surface area (Å²) >= 11 is 0. The van der Waals surface area contributed by atoms with Crippen LogP contribution in [0.25, 0.3) is 108 Å². The van der Waals surface area contributed by atoms with Crippen LogP contribution in [0.15, 0.2) is 140 Å². The molecule has 0 aromatic heterocycles. The average Bonchev–Trinajstić information content (AvgIpc) is 3.37. The molecule has 12 aromatic rings. The van der Waals surface area contributed by atoms with Crippen molar-refractivity contribution in [2.45, 2.75) is 0 Å². The number of hydrogen-bond donors (Lipinski definition) is 0. The third kappa shape index (κ3) is 3.28. The second-order valence-electron chi connectivity index (χ2n) is 15.6. The number of fused-ring (bicyclic) bond motifs is 6. The zero-order chi connectivity index (χ0) is 37.6. The van der Waals surface area contributed by atoms with Crippen LogP contribution < -0.4 is 4.90 Å². The van der Waals surface area contributed by atoms with Crippen LogP contribution in [0, 0.1) is 0 Å². The van der Waals surface area contributed by atoms with Crippen molar-refractivity contribution in [1.82, 2.24) is 0 Å². The Morgan fingerprint density at radius 3 is 0.860 bits per heavy atom. The number of rotatable bonds is 1. The highest BCUT2D eigenvalue weighted by Gasteiger charge is 2.35. The lowest BCUT2D eigenvalue weighted by molar-refractivity contribution is 0.0892. The first kappa shape index (κ1) is 29.6. The number of allylic oxidation sites excluding steroid dienone is 2. The van der Waals surface area contributed by atoms with Crippen LogP contribution in [0.4, 0.5) is 5.69 Å². The minimum absolute atomic E-state index is 0.155. The van der Waals surface area contributed by atoms with Gasteiger partial charge in [0.1, 0.15) is 0 Å². The molecule has 0 spiro atoms. The standard InChI is InChI=1S/C52H23NO4/c54-41-22-23-42(55)38-19-15-34-30-11-7-26-28-9-13-32-36-17-21-40-50-39(51(56)53(52(40)57)24-4-2-1-3-5-24)20-16-35(48(36)50)31-12-8-27(44(28)46(31)32)25-6-10-29(45(30)43(25)26)33-14-18-37(41)49(38)47(33)34/h1-23H. The van der Waals surface area contributed by atoms with Crippen molar-refractivity contribution in [2.24, 2.45) is 0 Å². The average molecular weight is 726 g/mol. The summed E-state index contributed by atoms with van der Waals surface area (Å²) in [5.41, 5.74) is 2.74. The van der Waals surface area contributed by atoms with Gasteiger partial charge < -0.3 is 0 Å². The van der Waals surface area contributed by atoms with Crippen molar-refractivity contribution in [3.05, 3.63) is 162 Å². The summed E-state index contributed by atoms with van der Waals surface area (Å²) in [6.45, 7) is 0. The molecule has 0 bridgehead atoms. The van der Waals surface area contributed by atoms with Crippen LogP contribution >= 0.6 is 0 Å². The largest absolute Gasteiger partial charge is 0.289 e. The fourth-order valence-corrected chi connectivity index (χ4v) is 10.9. The van der Waals surface area contributed by atoms with Gasteiger partial charge in [-0.15, -0.1) is 0 Å². The predicted molar refractivity (Wildman–Crippen MR) is 230 cm³/mol. The van der Waals surface area contributed by atoms with E-state index in [0.29, 0.717) is 27.9 Å². The van der Waals surface area contributed by atoms with E-state index in [0.717, 1.165) is 86.2 Å². The van der Waals surface area contributed by atoms with Gasteiger partial charge in [0, 0.05) is 33.0 Å². The number of para-hydroxylation sites is 1. The highest BCUT2D eigenvalue weighted by molar-refractivity contribution is 6.48. The number of amides is 2. The van der Waals surface area contributed by atoms with Crippen molar-refractivity contribution < 1.29 is 19.2 Å². The highest BCUT2D eigenvalue weighted by Crippen LogP contribution is 2.52. The van der Waals surface area contributed by atoms with Gasteiger partial charge in [-0.05, 0) is 146 Å². The zero-order valence-electron chi connectivity index (χ0n) is 29.9. The summed E-state index contributed by atoms with van der Waals surface area (Å²) < 4.78 is 0. The van der Waals surface area contributed by atoms with Gasteiger partial charge in [0.25, 0.3) is 11.8 Å². The Bertz CT molecular complexity index is 3770. The maximum atomic E-state index is 14.1. The van der Waals surface area contributed by atoms with Crippen LogP contribution in [0.3, 0.4) is 0 Å². The first-order chi connectivity index (χ1) is 28.0. The van der Waals surface area contributed by atoms with Gasteiger partial charge in [-0.25, -0.2) is 4.90 Å². The van der Waals surface area contributed by atoms with Crippen LogP contribution in [0.2, 0.25) is 0 Å². The molecule has 5 heteroatoms. The first-order valence-corrected chi connectivity index (χ1v) is 19.1. The molecule has 14 rings (SSSR count). The molecule has 0 unspecified atom stereocenters. The van der Waals surface area contributed by atoms with Gasteiger partial charge >= 0.3 is 0 Å². The zero-order valence-corrected chi connectivity index (χ0v) is 29.9. The van der Waals surface area contributed by atoms with Crippen LogP contribution in [0.5, 0.6) is 0 Å². The van der Waals surface area contributed by atoms with E-state index in [1.807, 2.05) is 42.5 Å². The molecule has 0 saturated heterocycles. The normalized spacial score (nSPS) is 14.7. The third-order valence-corrected chi connectivity index (χ3v) is 13.2. The van der Waals surface area contributed by atoms with E-state index >= 15 is 0 Å². The number of imide groups is 1. The van der Waals surface area contributed by atoms with Crippen molar-refractivity contribution in [3.8, 4) is 0 Å². The number of benzene rings is 12. The second-order valence-corrected chi connectivity index (χ2v) is 15.6. The lowest BCUT2D eigenvalue weighted by atomic mass is 9.80. The van der Waals surface area contributed by atoms with Gasteiger partial charge in [0.15, 0.2) is 11.6 Å². The van der Waals surface area contributed by atoms with Crippen LogP contribution in [0.1, 0.15) is 41.4 Å². The number of nitrogens with zero attached hydrogens (tertiary/aromatic N) is 1. The molecular formula is C52H23NO4. The summed E-state index contributed by atoms with van der Waals surface area (Å²) in [7, 11) is 0. The number of carbonyl (C=O) groups excluding carboxylic acids is 4. The third-order valence-electron chi connectivity index (χ3n) is 13.2. The SMILES string of the molecule is O=C1C=CC(=O)c2ccc3c4ccc5c6ccc7c8ccc9c%10c(ccc(c%11ccc(c%12ccc(c%13ccc1c2c%133)c4c%125)c6c%117)c%108)C(=O)N(c1ccccc1)C9=O. The lowest BCUT2D eigenvalue weighted by Gasteiger charge is -2.28. The molecule has 1 heterocycles. The quantitative estimate of drug-likeness (QED) is 0.0959. The number of hydrogen-bond acceptors (Lipinski definition) is 4. The lowest BCUT2D eigenvalue weighted by Crippen LogP contribution is -2.40. The molecule has 5 nitrogen and oxygen atoms in total. The van der Waals surface area contributed by atoms with E-state index in [9.17, 15) is 19.2 Å². The molecule has 2 amide bonds.